The average Bonchev–Trinajstić information content (AvgIpc) is 3.31. The van der Waals surface area contributed by atoms with Gasteiger partial charge in [0.1, 0.15) is 18.1 Å². The zero-order valence-corrected chi connectivity index (χ0v) is 21.1. The highest BCUT2D eigenvalue weighted by molar-refractivity contribution is 7.99. The van der Waals surface area contributed by atoms with E-state index in [9.17, 15) is 14.4 Å². The van der Waals surface area contributed by atoms with Crippen molar-refractivity contribution in [3.8, 4) is 11.5 Å². The SMILES string of the molecule is CCn1c(COc2ccc(OC)cc2)nnc1SCC(=O)Nc1cc(C(=O)OC)cc(C(=O)OC)c1. The van der Waals surface area contributed by atoms with Crippen molar-refractivity contribution in [3.05, 3.63) is 59.4 Å². The molecule has 1 heterocycles. The van der Waals surface area contributed by atoms with Crippen molar-refractivity contribution < 1.29 is 33.3 Å². The maximum Gasteiger partial charge on any atom is 0.337 e. The van der Waals surface area contributed by atoms with Crippen molar-refractivity contribution in [2.24, 2.45) is 0 Å². The third-order valence-electron chi connectivity index (χ3n) is 4.93. The van der Waals surface area contributed by atoms with Crippen molar-refractivity contribution in [1.29, 1.82) is 0 Å². The van der Waals surface area contributed by atoms with Crippen LogP contribution in [0.25, 0.3) is 0 Å². The summed E-state index contributed by atoms with van der Waals surface area (Å²) >= 11 is 1.20. The molecule has 0 unspecified atom stereocenters. The number of carbonyl (C=O) groups excluding carboxylic acids is 3. The molecule has 0 spiro atoms. The fourth-order valence-corrected chi connectivity index (χ4v) is 3.99. The van der Waals surface area contributed by atoms with E-state index in [0.29, 0.717) is 23.3 Å². The van der Waals surface area contributed by atoms with Crippen LogP contribution >= 0.6 is 11.8 Å². The van der Waals surface area contributed by atoms with Crippen molar-refractivity contribution in [2.45, 2.75) is 25.2 Å². The third-order valence-corrected chi connectivity index (χ3v) is 5.90. The van der Waals surface area contributed by atoms with Crippen molar-refractivity contribution in [1.82, 2.24) is 14.8 Å². The Bertz CT molecular complexity index is 1190. The zero-order chi connectivity index (χ0) is 26.1. The maximum absolute atomic E-state index is 12.6. The van der Waals surface area contributed by atoms with Crippen LogP contribution in [0.5, 0.6) is 11.5 Å². The van der Waals surface area contributed by atoms with Crippen LogP contribution in [0.1, 0.15) is 33.5 Å². The van der Waals surface area contributed by atoms with E-state index in [0.717, 1.165) is 5.75 Å². The molecule has 0 saturated carbocycles. The van der Waals surface area contributed by atoms with E-state index in [1.807, 2.05) is 11.5 Å². The first-order valence-corrected chi connectivity index (χ1v) is 11.8. The van der Waals surface area contributed by atoms with E-state index in [-0.39, 0.29) is 35.1 Å². The van der Waals surface area contributed by atoms with Gasteiger partial charge in [-0.25, -0.2) is 9.59 Å². The molecular formula is C24H26N4O7S. The molecular weight excluding hydrogens is 488 g/mol. The van der Waals surface area contributed by atoms with Crippen LogP contribution in [-0.2, 0) is 27.4 Å². The monoisotopic (exact) mass is 514 g/mol. The number of hydrogen-bond donors (Lipinski definition) is 1. The van der Waals surface area contributed by atoms with E-state index in [4.69, 9.17) is 18.9 Å². The number of hydrogen-bond acceptors (Lipinski definition) is 10. The Kier molecular flexibility index (Phi) is 9.28. The van der Waals surface area contributed by atoms with Gasteiger partial charge in [0.25, 0.3) is 0 Å². The second-order valence-corrected chi connectivity index (χ2v) is 8.17. The van der Waals surface area contributed by atoms with E-state index in [1.165, 1.54) is 44.2 Å². The van der Waals surface area contributed by atoms with Crippen LogP contribution < -0.4 is 14.8 Å². The Morgan fingerprint density at radius 3 is 2.08 bits per heavy atom. The molecule has 0 aliphatic carbocycles. The third kappa shape index (κ3) is 6.75. The summed E-state index contributed by atoms with van der Waals surface area (Å²) in [5, 5.41) is 11.6. The van der Waals surface area contributed by atoms with Crippen molar-refractivity contribution >= 4 is 35.3 Å². The molecule has 36 heavy (non-hydrogen) atoms. The molecule has 0 bridgehead atoms. The van der Waals surface area contributed by atoms with Crippen LogP contribution in [0.4, 0.5) is 5.69 Å². The number of esters is 2. The summed E-state index contributed by atoms with van der Waals surface area (Å²) in [6.07, 6.45) is 0. The molecule has 0 saturated heterocycles. The van der Waals surface area contributed by atoms with Gasteiger partial charge >= 0.3 is 11.9 Å². The molecule has 1 aromatic heterocycles. The van der Waals surface area contributed by atoms with Crippen molar-refractivity contribution in [2.75, 3.05) is 32.4 Å². The lowest BCUT2D eigenvalue weighted by Gasteiger charge is -2.10. The van der Waals surface area contributed by atoms with Crippen LogP contribution in [0.2, 0.25) is 0 Å². The zero-order valence-electron chi connectivity index (χ0n) is 20.3. The molecule has 190 valence electrons. The van der Waals surface area contributed by atoms with E-state index in [2.05, 4.69) is 15.5 Å². The predicted molar refractivity (Wildman–Crippen MR) is 131 cm³/mol. The van der Waals surface area contributed by atoms with Crippen LogP contribution in [0.15, 0.2) is 47.6 Å². The topological polar surface area (TPSA) is 131 Å². The highest BCUT2D eigenvalue weighted by Gasteiger charge is 2.17. The van der Waals surface area contributed by atoms with Gasteiger partial charge in [-0.1, -0.05) is 11.8 Å². The largest absolute Gasteiger partial charge is 0.497 e. The number of thioether (sulfide) groups is 1. The summed E-state index contributed by atoms with van der Waals surface area (Å²) in [5.74, 6) is 0.375. The predicted octanol–water partition coefficient (Wildman–Crippen LogP) is 3.19. The molecule has 12 heteroatoms. The molecule has 0 radical (unpaired) electrons. The summed E-state index contributed by atoms with van der Waals surface area (Å²) in [5.41, 5.74) is 0.473. The number of aromatic nitrogens is 3. The van der Waals surface area contributed by atoms with Gasteiger partial charge in [0.15, 0.2) is 11.0 Å². The highest BCUT2D eigenvalue weighted by atomic mass is 32.2. The first-order valence-electron chi connectivity index (χ1n) is 10.8. The first kappa shape index (κ1) is 26.5. The molecule has 11 nitrogen and oxygen atoms in total. The molecule has 1 N–H and O–H groups in total. The second-order valence-electron chi connectivity index (χ2n) is 7.23. The number of methoxy groups -OCH3 is 3. The van der Waals surface area contributed by atoms with Gasteiger partial charge in [0.05, 0.1) is 38.2 Å². The molecule has 0 aliphatic rings. The number of anilines is 1. The summed E-state index contributed by atoms with van der Waals surface area (Å²) in [6.45, 7) is 2.73. The molecule has 0 fully saturated rings. The summed E-state index contributed by atoms with van der Waals surface area (Å²) in [6, 6.07) is 11.4. The van der Waals surface area contributed by atoms with Gasteiger partial charge in [0, 0.05) is 12.2 Å². The first-order chi connectivity index (χ1) is 17.4. The fraction of sp³-hybridized carbons (Fsp3) is 0.292. The lowest BCUT2D eigenvalue weighted by Crippen LogP contribution is -2.16. The molecule has 0 aliphatic heterocycles. The Morgan fingerprint density at radius 2 is 1.53 bits per heavy atom. The molecule has 0 atom stereocenters. The Labute approximate surface area is 212 Å². The second kappa shape index (κ2) is 12.6. The van der Waals surface area contributed by atoms with Crippen molar-refractivity contribution in [3.63, 3.8) is 0 Å². The number of rotatable bonds is 11. The quantitative estimate of drug-likeness (QED) is 0.301. The molecule has 1 amide bonds. The molecule has 3 aromatic rings. The number of nitrogens with zero attached hydrogens (tertiary/aromatic N) is 3. The lowest BCUT2D eigenvalue weighted by molar-refractivity contribution is -0.113. The minimum Gasteiger partial charge on any atom is -0.497 e. The van der Waals surface area contributed by atoms with E-state index < -0.39 is 11.9 Å². The summed E-state index contributed by atoms with van der Waals surface area (Å²) in [7, 11) is 4.04. The van der Waals surface area contributed by atoms with Gasteiger partial charge in [-0.3, -0.25) is 4.79 Å². The standard InChI is InChI=1S/C24H26N4O7S/c1-5-28-20(13-35-19-8-6-18(32-2)7-9-19)26-27-24(28)36-14-21(29)25-17-11-15(22(30)33-3)10-16(12-17)23(31)34-4/h6-12H,5,13-14H2,1-4H3,(H,25,29). The Morgan fingerprint density at radius 1 is 0.917 bits per heavy atom. The van der Waals surface area contributed by atoms with E-state index in [1.54, 1.807) is 31.4 Å². The maximum atomic E-state index is 12.6. The minimum absolute atomic E-state index is 0.0213. The number of carbonyl (C=O) groups is 3. The van der Waals surface area contributed by atoms with Crippen LogP contribution in [0, 0.1) is 0 Å². The summed E-state index contributed by atoms with van der Waals surface area (Å²) < 4.78 is 22.2. The molecule has 2 aromatic carbocycles. The van der Waals surface area contributed by atoms with Gasteiger partial charge in [-0.15, -0.1) is 10.2 Å². The summed E-state index contributed by atoms with van der Waals surface area (Å²) in [4.78, 5) is 36.5. The van der Waals surface area contributed by atoms with Gasteiger partial charge in [0.2, 0.25) is 5.91 Å². The fourth-order valence-electron chi connectivity index (χ4n) is 3.17. The van der Waals surface area contributed by atoms with Gasteiger partial charge in [-0.2, -0.15) is 0 Å². The van der Waals surface area contributed by atoms with Gasteiger partial charge < -0.3 is 28.8 Å². The minimum atomic E-state index is -0.647. The molecule has 3 rings (SSSR count). The average molecular weight is 515 g/mol. The van der Waals surface area contributed by atoms with E-state index >= 15 is 0 Å². The lowest BCUT2D eigenvalue weighted by atomic mass is 10.1. The number of amides is 1. The van der Waals surface area contributed by atoms with Crippen LogP contribution in [-0.4, -0.2) is 59.7 Å². The Balaban J connectivity index is 1.64. The smallest absolute Gasteiger partial charge is 0.337 e. The number of benzene rings is 2. The Hall–Kier alpha value is -4.06. The number of nitrogens with one attached hydrogen (secondary N) is 1. The normalized spacial score (nSPS) is 10.4. The highest BCUT2D eigenvalue weighted by Crippen LogP contribution is 2.22. The number of ether oxygens (including phenoxy) is 4. The van der Waals surface area contributed by atoms with Gasteiger partial charge in [-0.05, 0) is 49.4 Å². The van der Waals surface area contributed by atoms with Crippen LogP contribution in [0.3, 0.4) is 0 Å².